The van der Waals surface area contributed by atoms with Crippen molar-refractivity contribution in [2.24, 2.45) is 5.92 Å². The van der Waals surface area contributed by atoms with E-state index in [1.807, 2.05) is 0 Å². The Kier molecular flexibility index (Phi) is 6.42. The fraction of sp³-hybridized carbons (Fsp3) is 0.409. The molecule has 129 valence electrons. The summed E-state index contributed by atoms with van der Waals surface area (Å²) in [5, 5.41) is 2.75. The van der Waals surface area contributed by atoms with Crippen molar-refractivity contribution in [3.63, 3.8) is 0 Å². The monoisotopic (exact) mass is 339 g/mol. The highest BCUT2D eigenvalue weighted by atomic mass is 28.4. The molecule has 0 saturated heterocycles. The van der Waals surface area contributed by atoms with E-state index in [1.54, 1.807) is 0 Å². The van der Waals surface area contributed by atoms with Crippen LogP contribution in [0.5, 0.6) is 0 Å². The SMILES string of the molecule is CC(C)C[CH]CO[Si](c1ccccc1)(c1ccccc1)C(C)(C)C. The van der Waals surface area contributed by atoms with E-state index in [9.17, 15) is 0 Å². The van der Waals surface area contributed by atoms with Gasteiger partial charge in [0.05, 0.1) is 0 Å². The van der Waals surface area contributed by atoms with E-state index < -0.39 is 8.32 Å². The lowest BCUT2D eigenvalue weighted by atomic mass is 10.1. The zero-order valence-electron chi connectivity index (χ0n) is 15.8. The normalized spacial score (nSPS) is 12.6. The van der Waals surface area contributed by atoms with Gasteiger partial charge < -0.3 is 4.43 Å². The second-order valence-electron chi connectivity index (χ2n) is 7.89. The molecule has 0 N–H and O–H groups in total. The summed E-state index contributed by atoms with van der Waals surface area (Å²) in [5.41, 5.74) is 0. The lowest BCUT2D eigenvalue weighted by Crippen LogP contribution is -2.66. The van der Waals surface area contributed by atoms with Crippen molar-refractivity contribution in [2.75, 3.05) is 6.61 Å². The molecule has 0 saturated carbocycles. The summed E-state index contributed by atoms with van der Waals surface area (Å²) in [6.07, 6.45) is 3.39. The van der Waals surface area contributed by atoms with Crippen molar-refractivity contribution in [1.82, 2.24) is 0 Å². The van der Waals surface area contributed by atoms with Crippen LogP contribution in [0.3, 0.4) is 0 Å². The first-order valence-electron chi connectivity index (χ1n) is 8.94. The van der Waals surface area contributed by atoms with Crippen molar-refractivity contribution < 1.29 is 4.43 Å². The van der Waals surface area contributed by atoms with Gasteiger partial charge in [-0.25, -0.2) is 0 Å². The number of hydrogen-bond acceptors (Lipinski definition) is 1. The molecule has 0 aromatic heterocycles. The summed E-state index contributed by atoms with van der Waals surface area (Å²) in [6.45, 7) is 12.2. The van der Waals surface area contributed by atoms with Gasteiger partial charge in [0.25, 0.3) is 8.32 Å². The maximum atomic E-state index is 6.80. The van der Waals surface area contributed by atoms with Crippen LogP contribution in [0.15, 0.2) is 60.7 Å². The van der Waals surface area contributed by atoms with Gasteiger partial charge in [-0.3, -0.25) is 0 Å². The molecule has 1 nitrogen and oxygen atoms in total. The first-order valence-corrected chi connectivity index (χ1v) is 10.9. The first kappa shape index (κ1) is 18.9. The summed E-state index contributed by atoms with van der Waals surface area (Å²) in [4.78, 5) is 0. The van der Waals surface area contributed by atoms with Crippen molar-refractivity contribution in [2.45, 2.75) is 46.1 Å². The maximum absolute atomic E-state index is 6.80. The second-order valence-corrected chi connectivity index (χ2v) is 12.2. The minimum atomic E-state index is -2.35. The van der Waals surface area contributed by atoms with Crippen LogP contribution in [0.4, 0.5) is 0 Å². The smallest absolute Gasteiger partial charge is 0.261 e. The fourth-order valence-corrected chi connectivity index (χ4v) is 7.87. The molecular formula is C22H31OSi. The average Bonchev–Trinajstić information content (AvgIpc) is 2.55. The van der Waals surface area contributed by atoms with Crippen LogP contribution in [0.25, 0.3) is 0 Å². The molecule has 2 aromatic rings. The molecule has 0 aliphatic rings. The third-order valence-electron chi connectivity index (χ3n) is 4.47. The van der Waals surface area contributed by atoms with Crippen LogP contribution in [-0.2, 0) is 4.43 Å². The van der Waals surface area contributed by atoms with Gasteiger partial charge in [0.2, 0.25) is 0 Å². The van der Waals surface area contributed by atoms with Crippen molar-refractivity contribution in [3.8, 4) is 0 Å². The Morgan fingerprint density at radius 2 is 1.33 bits per heavy atom. The molecule has 2 heteroatoms. The minimum Gasteiger partial charge on any atom is -0.407 e. The van der Waals surface area contributed by atoms with Gasteiger partial charge in [-0.2, -0.15) is 0 Å². The number of hydrogen-bond donors (Lipinski definition) is 0. The summed E-state index contributed by atoms with van der Waals surface area (Å²) in [6, 6.07) is 21.7. The van der Waals surface area contributed by atoms with Gasteiger partial charge in [-0.15, -0.1) is 0 Å². The van der Waals surface area contributed by atoms with Crippen molar-refractivity contribution in [1.29, 1.82) is 0 Å². The van der Waals surface area contributed by atoms with Crippen LogP contribution in [0.1, 0.15) is 41.0 Å². The molecule has 1 radical (unpaired) electrons. The molecule has 24 heavy (non-hydrogen) atoms. The highest BCUT2D eigenvalue weighted by Gasteiger charge is 2.49. The third-order valence-corrected chi connectivity index (χ3v) is 9.48. The van der Waals surface area contributed by atoms with E-state index in [2.05, 4.69) is 102 Å². The molecule has 0 bridgehead atoms. The van der Waals surface area contributed by atoms with Gasteiger partial charge >= 0.3 is 0 Å². The highest BCUT2D eigenvalue weighted by molar-refractivity contribution is 6.99. The molecule has 2 aromatic carbocycles. The molecule has 2 rings (SSSR count). The summed E-state index contributed by atoms with van der Waals surface area (Å²) < 4.78 is 6.80. The predicted octanol–water partition coefficient (Wildman–Crippen LogP) is 4.81. The zero-order chi connectivity index (χ0) is 17.6. The Hall–Kier alpha value is -1.38. The Morgan fingerprint density at radius 3 is 1.71 bits per heavy atom. The fourth-order valence-electron chi connectivity index (χ4n) is 3.35. The summed E-state index contributed by atoms with van der Waals surface area (Å²) in [5.74, 6) is 0.674. The lowest BCUT2D eigenvalue weighted by molar-refractivity contribution is 0.318. The van der Waals surface area contributed by atoms with Crippen LogP contribution < -0.4 is 10.4 Å². The van der Waals surface area contributed by atoms with Gasteiger partial charge in [0, 0.05) is 6.61 Å². The Bertz CT molecular complexity index is 559. The molecule has 0 unspecified atom stereocenters. The van der Waals surface area contributed by atoms with Gasteiger partial charge in [0.1, 0.15) is 0 Å². The third kappa shape index (κ3) is 4.17. The number of benzene rings is 2. The predicted molar refractivity (Wildman–Crippen MR) is 107 cm³/mol. The summed E-state index contributed by atoms with van der Waals surface area (Å²) >= 11 is 0. The van der Waals surface area contributed by atoms with E-state index in [4.69, 9.17) is 4.43 Å². The molecular weight excluding hydrogens is 308 g/mol. The Morgan fingerprint density at radius 1 is 0.875 bits per heavy atom. The first-order chi connectivity index (χ1) is 11.4. The molecule has 0 heterocycles. The van der Waals surface area contributed by atoms with Crippen molar-refractivity contribution >= 4 is 18.7 Å². The lowest BCUT2D eigenvalue weighted by Gasteiger charge is -2.43. The molecule has 0 spiro atoms. The molecule has 0 amide bonds. The van der Waals surface area contributed by atoms with E-state index in [-0.39, 0.29) is 5.04 Å². The van der Waals surface area contributed by atoms with E-state index in [1.165, 1.54) is 10.4 Å². The van der Waals surface area contributed by atoms with E-state index >= 15 is 0 Å². The molecule has 0 atom stereocenters. The van der Waals surface area contributed by atoms with E-state index in [0.717, 1.165) is 6.42 Å². The van der Waals surface area contributed by atoms with Crippen LogP contribution >= 0.6 is 0 Å². The summed E-state index contributed by atoms with van der Waals surface area (Å²) in [7, 11) is -2.35. The minimum absolute atomic E-state index is 0.0569. The van der Waals surface area contributed by atoms with Crippen molar-refractivity contribution in [3.05, 3.63) is 67.1 Å². The van der Waals surface area contributed by atoms with Gasteiger partial charge in [-0.1, -0.05) is 95.3 Å². The zero-order valence-corrected chi connectivity index (χ0v) is 16.8. The maximum Gasteiger partial charge on any atom is 0.261 e. The van der Waals surface area contributed by atoms with Gasteiger partial charge in [0.15, 0.2) is 0 Å². The van der Waals surface area contributed by atoms with Crippen LogP contribution in [0.2, 0.25) is 5.04 Å². The largest absolute Gasteiger partial charge is 0.407 e. The average molecular weight is 340 g/mol. The number of rotatable bonds is 7. The standard InChI is InChI=1S/C22H31OSi/c1-19(2)13-12-18-23-24(22(3,4)5,20-14-8-6-9-15-20)21-16-10-7-11-17-21/h6-12,14-17,19H,13,18H2,1-5H3. The quantitative estimate of drug-likeness (QED) is 0.519. The molecule has 0 aliphatic carbocycles. The van der Waals surface area contributed by atoms with Crippen LogP contribution in [-0.4, -0.2) is 14.9 Å². The molecule has 0 aliphatic heterocycles. The van der Waals surface area contributed by atoms with Gasteiger partial charge in [-0.05, 0) is 34.2 Å². The van der Waals surface area contributed by atoms with Crippen LogP contribution in [0, 0.1) is 12.3 Å². The highest BCUT2D eigenvalue weighted by Crippen LogP contribution is 2.36. The Balaban J connectivity index is 2.45. The Labute approximate surface area is 149 Å². The van der Waals surface area contributed by atoms with E-state index in [0.29, 0.717) is 12.5 Å². The molecule has 0 fully saturated rings. The topological polar surface area (TPSA) is 9.23 Å². The second kappa shape index (κ2) is 8.13.